The predicted molar refractivity (Wildman–Crippen MR) is 121 cm³/mol. The van der Waals surface area contributed by atoms with Gasteiger partial charge in [-0.05, 0) is 59.0 Å². The number of benzene rings is 3. The number of halogens is 1. The zero-order chi connectivity index (χ0) is 22.2. The number of hydrogen-bond donors (Lipinski definition) is 0. The van der Waals surface area contributed by atoms with Crippen molar-refractivity contribution in [2.24, 2.45) is 0 Å². The maximum atomic E-state index is 12.6. The Balaban J connectivity index is 1.50. The Morgan fingerprint density at radius 2 is 1.65 bits per heavy atom. The lowest BCUT2D eigenvalue weighted by Crippen LogP contribution is -2.12. The molecular formula is C26H21ClO4. The van der Waals surface area contributed by atoms with Crippen LogP contribution in [0.3, 0.4) is 0 Å². The normalized spacial score (nSPS) is 14.3. The number of rotatable bonds is 3. The number of carbonyl (C=O) groups excluding carboxylic acids is 2. The number of ether oxygens (including phenoxy) is 2. The Hall–Kier alpha value is -3.37. The highest BCUT2D eigenvalue weighted by Crippen LogP contribution is 2.35. The van der Waals surface area contributed by atoms with Crippen LogP contribution in [-0.4, -0.2) is 11.8 Å². The third-order valence-electron chi connectivity index (χ3n) is 5.01. The molecule has 0 unspecified atom stereocenters. The van der Waals surface area contributed by atoms with Crippen LogP contribution in [0.15, 0.2) is 72.5 Å². The van der Waals surface area contributed by atoms with Gasteiger partial charge < -0.3 is 9.47 Å². The molecule has 1 aliphatic rings. The van der Waals surface area contributed by atoms with E-state index in [-0.39, 0.29) is 17.0 Å². The molecule has 0 spiro atoms. The van der Waals surface area contributed by atoms with E-state index in [4.69, 9.17) is 21.1 Å². The molecule has 4 rings (SSSR count). The minimum Gasteiger partial charge on any atom is -0.452 e. The number of Topliss-reactive ketones (excluding diaryl/α,β-unsaturated/α-hetero) is 1. The van der Waals surface area contributed by atoms with Gasteiger partial charge in [0.05, 0.1) is 11.1 Å². The predicted octanol–water partition coefficient (Wildman–Crippen LogP) is 6.47. The first-order chi connectivity index (χ1) is 14.7. The number of esters is 1. The van der Waals surface area contributed by atoms with Crippen LogP contribution >= 0.6 is 11.6 Å². The molecule has 31 heavy (non-hydrogen) atoms. The summed E-state index contributed by atoms with van der Waals surface area (Å²) in [5.41, 5.74) is 2.81. The third-order valence-corrected chi connectivity index (χ3v) is 5.26. The maximum absolute atomic E-state index is 12.6. The zero-order valence-corrected chi connectivity index (χ0v) is 18.2. The van der Waals surface area contributed by atoms with Crippen LogP contribution in [0.1, 0.15) is 52.6 Å². The first-order valence-corrected chi connectivity index (χ1v) is 10.2. The first-order valence-electron chi connectivity index (χ1n) is 9.87. The highest BCUT2D eigenvalue weighted by Gasteiger charge is 2.28. The summed E-state index contributed by atoms with van der Waals surface area (Å²) in [6.45, 7) is 6.34. The SMILES string of the molecule is CC(C)(C)c1ccc(C(=O)Oc2ccc3c(c2)OC(=Cc2ccc(Cl)cc2)C3=O)cc1. The summed E-state index contributed by atoms with van der Waals surface area (Å²) in [6, 6.07) is 19.2. The van der Waals surface area contributed by atoms with Crippen molar-refractivity contribution in [2.45, 2.75) is 26.2 Å². The quantitative estimate of drug-likeness (QED) is 0.270. The second kappa shape index (κ2) is 8.05. The molecule has 0 aliphatic carbocycles. The topological polar surface area (TPSA) is 52.6 Å². The summed E-state index contributed by atoms with van der Waals surface area (Å²) >= 11 is 5.90. The molecule has 0 fully saturated rings. The maximum Gasteiger partial charge on any atom is 0.343 e. The van der Waals surface area contributed by atoms with Crippen molar-refractivity contribution in [1.29, 1.82) is 0 Å². The van der Waals surface area contributed by atoms with Crippen molar-refractivity contribution in [3.8, 4) is 11.5 Å². The lowest BCUT2D eigenvalue weighted by atomic mass is 9.87. The Morgan fingerprint density at radius 3 is 2.29 bits per heavy atom. The van der Waals surface area contributed by atoms with E-state index < -0.39 is 5.97 Å². The van der Waals surface area contributed by atoms with E-state index in [9.17, 15) is 9.59 Å². The first kappa shape index (κ1) is 20.9. The Morgan fingerprint density at radius 1 is 0.968 bits per heavy atom. The van der Waals surface area contributed by atoms with Crippen molar-refractivity contribution < 1.29 is 19.1 Å². The molecule has 1 heterocycles. The van der Waals surface area contributed by atoms with Gasteiger partial charge in [-0.15, -0.1) is 0 Å². The van der Waals surface area contributed by atoms with Gasteiger partial charge in [0, 0.05) is 11.1 Å². The second-order valence-corrected chi connectivity index (χ2v) is 8.80. The second-order valence-electron chi connectivity index (χ2n) is 8.37. The van der Waals surface area contributed by atoms with Gasteiger partial charge in [0.25, 0.3) is 0 Å². The third kappa shape index (κ3) is 4.54. The van der Waals surface area contributed by atoms with Crippen molar-refractivity contribution in [1.82, 2.24) is 0 Å². The van der Waals surface area contributed by atoms with Gasteiger partial charge in [0.15, 0.2) is 5.76 Å². The van der Waals surface area contributed by atoms with Crippen molar-refractivity contribution in [3.63, 3.8) is 0 Å². The van der Waals surface area contributed by atoms with Gasteiger partial charge in [-0.2, -0.15) is 0 Å². The van der Waals surface area contributed by atoms with Crippen LogP contribution in [0, 0.1) is 0 Å². The molecule has 0 saturated carbocycles. The molecule has 156 valence electrons. The van der Waals surface area contributed by atoms with Gasteiger partial charge in [-0.1, -0.05) is 56.6 Å². The van der Waals surface area contributed by atoms with Gasteiger partial charge in [-0.25, -0.2) is 4.79 Å². The molecule has 0 aromatic heterocycles. The van der Waals surface area contributed by atoms with Crippen LogP contribution < -0.4 is 9.47 Å². The molecule has 0 radical (unpaired) electrons. The van der Waals surface area contributed by atoms with Crippen molar-refractivity contribution >= 4 is 29.4 Å². The molecule has 3 aromatic rings. The fourth-order valence-corrected chi connectivity index (χ4v) is 3.34. The number of ketones is 1. The molecule has 1 aliphatic heterocycles. The molecule has 0 atom stereocenters. The molecule has 0 bridgehead atoms. The van der Waals surface area contributed by atoms with Crippen molar-refractivity contribution in [2.75, 3.05) is 0 Å². The standard InChI is InChI=1S/C26H21ClO4/c1-26(2,3)18-8-6-17(7-9-18)25(29)30-20-12-13-21-22(15-20)31-23(24(21)28)14-16-4-10-19(27)11-5-16/h4-15H,1-3H3. The summed E-state index contributed by atoms with van der Waals surface area (Å²) in [5, 5.41) is 0.614. The molecule has 5 heteroatoms. The molecule has 3 aromatic carbocycles. The van der Waals surface area contributed by atoms with Crippen LogP contribution in [-0.2, 0) is 5.41 Å². The van der Waals surface area contributed by atoms with E-state index in [2.05, 4.69) is 20.8 Å². The monoisotopic (exact) mass is 432 g/mol. The highest BCUT2D eigenvalue weighted by molar-refractivity contribution is 6.30. The number of carbonyl (C=O) groups is 2. The van der Waals surface area contributed by atoms with E-state index in [0.717, 1.165) is 11.1 Å². The van der Waals surface area contributed by atoms with Gasteiger partial charge in [-0.3, -0.25) is 4.79 Å². The average Bonchev–Trinajstić information content (AvgIpc) is 3.04. The summed E-state index contributed by atoms with van der Waals surface area (Å²) < 4.78 is 11.2. The van der Waals surface area contributed by atoms with E-state index in [1.165, 1.54) is 0 Å². The Labute approximate surface area is 186 Å². The zero-order valence-electron chi connectivity index (χ0n) is 17.4. The minimum atomic E-state index is -0.471. The number of allylic oxidation sites excluding steroid dienone is 1. The van der Waals surface area contributed by atoms with Crippen LogP contribution in [0.5, 0.6) is 11.5 Å². The lowest BCUT2D eigenvalue weighted by molar-refractivity contribution is 0.0734. The minimum absolute atomic E-state index is 0.00350. The fourth-order valence-electron chi connectivity index (χ4n) is 3.21. The molecule has 0 N–H and O–H groups in total. The van der Waals surface area contributed by atoms with E-state index >= 15 is 0 Å². The van der Waals surface area contributed by atoms with E-state index in [1.807, 2.05) is 12.1 Å². The molecule has 4 nitrogen and oxygen atoms in total. The molecule has 0 saturated heterocycles. The van der Waals surface area contributed by atoms with Crippen LogP contribution in [0.2, 0.25) is 5.02 Å². The Bertz CT molecular complexity index is 1180. The lowest BCUT2D eigenvalue weighted by Gasteiger charge is -2.18. The van der Waals surface area contributed by atoms with Crippen LogP contribution in [0.4, 0.5) is 0 Å². The highest BCUT2D eigenvalue weighted by atomic mass is 35.5. The van der Waals surface area contributed by atoms with Gasteiger partial charge in [0.1, 0.15) is 11.5 Å². The smallest absolute Gasteiger partial charge is 0.343 e. The summed E-state index contributed by atoms with van der Waals surface area (Å²) in [4.78, 5) is 25.1. The molecule has 0 amide bonds. The average molecular weight is 433 g/mol. The summed E-state index contributed by atoms with van der Waals surface area (Å²) in [7, 11) is 0. The Kier molecular flexibility index (Phi) is 5.42. The largest absolute Gasteiger partial charge is 0.452 e. The summed E-state index contributed by atoms with van der Waals surface area (Å²) in [6.07, 6.45) is 1.65. The number of hydrogen-bond acceptors (Lipinski definition) is 4. The summed E-state index contributed by atoms with van der Waals surface area (Å²) in [5.74, 6) is 0.184. The van der Waals surface area contributed by atoms with Gasteiger partial charge >= 0.3 is 5.97 Å². The van der Waals surface area contributed by atoms with Crippen LogP contribution in [0.25, 0.3) is 6.08 Å². The fraction of sp³-hybridized carbons (Fsp3) is 0.154. The van der Waals surface area contributed by atoms with Crippen molar-refractivity contribution in [3.05, 3.63) is 99.8 Å². The van der Waals surface area contributed by atoms with Gasteiger partial charge in [0.2, 0.25) is 5.78 Å². The van der Waals surface area contributed by atoms with E-state index in [1.54, 1.807) is 60.7 Å². The number of fused-ring (bicyclic) bond motifs is 1. The molecular weight excluding hydrogens is 412 g/mol. The van der Waals surface area contributed by atoms with E-state index in [0.29, 0.717) is 27.6 Å².